The van der Waals surface area contributed by atoms with E-state index in [4.69, 9.17) is 0 Å². The molecule has 0 aliphatic heterocycles. The van der Waals surface area contributed by atoms with Crippen molar-refractivity contribution in [2.24, 2.45) is 5.92 Å². The van der Waals surface area contributed by atoms with E-state index in [0.29, 0.717) is 4.06 Å². The molecule has 1 heterocycles. The highest BCUT2D eigenvalue weighted by Gasteiger charge is 2.23. The van der Waals surface area contributed by atoms with Crippen molar-refractivity contribution in [1.29, 1.82) is 0 Å². The van der Waals surface area contributed by atoms with Crippen LogP contribution in [0.5, 0.6) is 0 Å². The van der Waals surface area contributed by atoms with Crippen molar-refractivity contribution in [2.75, 3.05) is 0 Å². The van der Waals surface area contributed by atoms with E-state index < -0.39 is 0 Å². The summed E-state index contributed by atoms with van der Waals surface area (Å²) >= 11 is 2.97. The second kappa shape index (κ2) is 4.58. The van der Waals surface area contributed by atoms with Gasteiger partial charge in [-0.2, -0.15) is 0 Å². The Morgan fingerprint density at radius 3 is 2.43 bits per heavy atom. The van der Waals surface area contributed by atoms with Crippen LogP contribution in [-0.2, 0) is 12.8 Å². The SMILES string of the molecule is CCCCCC1Cc2sc(=O)sc2C1. The van der Waals surface area contributed by atoms with E-state index in [2.05, 4.69) is 6.92 Å². The van der Waals surface area contributed by atoms with Crippen molar-refractivity contribution in [3.05, 3.63) is 18.6 Å². The maximum atomic E-state index is 11.1. The Balaban J connectivity index is 1.86. The minimum atomic E-state index is 0.294. The van der Waals surface area contributed by atoms with Crippen molar-refractivity contribution in [1.82, 2.24) is 0 Å². The van der Waals surface area contributed by atoms with Crippen LogP contribution in [0.2, 0.25) is 0 Å². The van der Waals surface area contributed by atoms with Gasteiger partial charge in [-0.3, -0.25) is 4.79 Å². The number of fused-ring (bicyclic) bond motifs is 1. The molecule has 0 unspecified atom stereocenters. The van der Waals surface area contributed by atoms with E-state index in [-0.39, 0.29) is 0 Å². The molecule has 1 aromatic heterocycles. The van der Waals surface area contributed by atoms with Gasteiger partial charge < -0.3 is 0 Å². The van der Waals surface area contributed by atoms with Crippen LogP contribution in [0.3, 0.4) is 0 Å². The Labute approximate surface area is 92.8 Å². The molecule has 78 valence electrons. The average molecular weight is 228 g/mol. The van der Waals surface area contributed by atoms with Crippen LogP contribution in [0.15, 0.2) is 4.79 Å². The molecule has 0 saturated carbocycles. The van der Waals surface area contributed by atoms with Gasteiger partial charge in [-0.05, 0) is 25.2 Å². The van der Waals surface area contributed by atoms with Crippen LogP contribution < -0.4 is 4.06 Å². The topological polar surface area (TPSA) is 17.1 Å². The molecule has 0 spiro atoms. The molecule has 0 bridgehead atoms. The molecule has 1 aliphatic carbocycles. The Morgan fingerprint density at radius 2 is 1.86 bits per heavy atom. The highest BCUT2D eigenvalue weighted by molar-refractivity contribution is 7.27. The van der Waals surface area contributed by atoms with Gasteiger partial charge in [-0.15, -0.1) is 0 Å². The molecular weight excluding hydrogens is 212 g/mol. The lowest BCUT2D eigenvalue weighted by Gasteiger charge is -2.07. The lowest BCUT2D eigenvalue weighted by atomic mass is 10.00. The lowest BCUT2D eigenvalue weighted by molar-refractivity contribution is 0.482. The summed E-state index contributed by atoms with van der Waals surface area (Å²) < 4.78 is 0.294. The van der Waals surface area contributed by atoms with Crippen LogP contribution in [-0.4, -0.2) is 0 Å². The van der Waals surface area contributed by atoms with Gasteiger partial charge in [0.15, 0.2) is 0 Å². The van der Waals surface area contributed by atoms with Crippen molar-refractivity contribution < 1.29 is 0 Å². The number of unbranched alkanes of at least 4 members (excludes halogenated alkanes) is 2. The molecule has 1 nitrogen and oxygen atoms in total. The van der Waals surface area contributed by atoms with Crippen molar-refractivity contribution in [3.8, 4) is 0 Å². The van der Waals surface area contributed by atoms with Crippen LogP contribution >= 0.6 is 22.7 Å². The largest absolute Gasteiger partial charge is 0.287 e. The van der Waals surface area contributed by atoms with Gasteiger partial charge in [-0.25, -0.2) is 0 Å². The molecular formula is C11H16OS2. The minimum absolute atomic E-state index is 0.294. The first-order valence-corrected chi connectivity index (χ1v) is 7.04. The van der Waals surface area contributed by atoms with Crippen LogP contribution in [0.25, 0.3) is 0 Å². The molecule has 1 aliphatic rings. The first-order chi connectivity index (χ1) is 6.79. The van der Waals surface area contributed by atoms with Gasteiger partial charge in [-0.1, -0.05) is 48.9 Å². The summed E-state index contributed by atoms with van der Waals surface area (Å²) in [5.41, 5.74) is 0. The van der Waals surface area contributed by atoms with Crippen LogP contribution in [0, 0.1) is 5.92 Å². The number of hydrogen-bond acceptors (Lipinski definition) is 3. The normalized spacial score (nSPS) is 16.1. The fourth-order valence-electron chi connectivity index (χ4n) is 2.13. The third kappa shape index (κ3) is 2.26. The highest BCUT2D eigenvalue weighted by atomic mass is 32.2. The second-order valence-corrected chi connectivity index (χ2v) is 6.46. The Hall–Kier alpha value is -0.150. The first-order valence-electron chi connectivity index (χ1n) is 5.41. The molecule has 1 aromatic rings. The Morgan fingerprint density at radius 1 is 1.21 bits per heavy atom. The van der Waals surface area contributed by atoms with Gasteiger partial charge >= 0.3 is 0 Å². The van der Waals surface area contributed by atoms with E-state index in [1.54, 1.807) is 0 Å². The van der Waals surface area contributed by atoms with Gasteiger partial charge in [0.1, 0.15) is 0 Å². The maximum Gasteiger partial charge on any atom is 0.287 e. The molecule has 0 radical (unpaired) electrons. The maximum absolute atomic E-state index is 11.1. The predicted octanol–water partition coefficient (Wildman–Crippen LogP) is 3.46. The molecule has 0 atom stereocenters. The predicted molar refractivity (Wildman–Crippen MR) is 63.5 cm³/mol. The van der Waals surface area contributed by atoms with E-state index >= 15 is 0 Å². The molecule has 0 N–H and O–H groups in total. The Kier molecular flexibility index (Phi) is 3.39. The summed E-state index contributed by atoms with van der Waals surface area (Å²) in [5.74, 6) is 0.847. The molecule has 14 heavy (non-hydrogen) atoms. The standard InChI is InChI=1S/C11H16OS2/c1-2-3-4-5-8-6-9-10(7-8)14-11(12)13-9/h8H,2-7H2,1H3. The zero-order valence-electron chi connectivity index (χ0n) is 8.54. The summed E-state index contributed by atoms with van der Waals surface area (Å²) in [7, 11) is 0. The quantitative estimate of drug-likeness (QED) is 0.721. The summed E-state index contributed by atoms with van der Waals surface area (Å²) in [6.45, 7) is 2.25. The third-order valence-corrected chi connectivity index (χ3v) is 5.17. The van der Waals surface area contributed by atoms with Gasteiger partial charge in [0.2, 0.25) is 0 Å². The fourth-order valence-corrected chi connectivity index (χ4v) is 4.59. The number of rotatable bonds is 4. The van der Waals surface area contributed by atoms with Crippen molar-refractivity contribution in [3.63, 3.8) is 0 Å². The zero-order valence-corrected chi connectivity index (χ0v) is 10.2. The monoisotopic (exact) mass is 228 g/mol. The average Bonchev–Trinajstić information content (AvgIpc) is 2.61. The van der Waals surface area contributed by atoms with E-state index in [1.807, 2.05) is 0 Å². The van der Waals surface area contributed by atoms with Crippen LogP contribution in [0.1, 0.15) is 42.4 Å². The lowest BCUT2D eigenvalue weighted by Crippen LogP contribution is -1.99. The minimum Gasteiger partial charge on any atom is -0.265 e. The first kappa shape index (κ1) is 10.4. The van der Waals surface area contributed by atoms with E-state index in [9.17, 15) is 4.79 Å². The molecule has 2 rings (SSSR count). The smallest absolute Gasteiger partial charge is 0.265 e. The van der Waals surface area contributed by atoms with Crippen molar-refractivity contribution >= 4 is 22.7 Å². The van der Waals surface area contributed by atoms with Gasteiger partial charge in [0, 0.05) is 9.75 Å². The third-order valence-electron chi connectivity index (χ3n) is 2.89. The zero-order chi connectivity index (χ0) is 9.97. The van der Waals surface area contributed by atoms with E-state index in [1.165, 1.54) is 71.0 Å². The van der Waals surface area contributed by atoms with Gasteiger partial charge in [0.25, 0.3) is 4.06 Å². The number of hydrogen-bond donors (Lipinski definition) is 0. The Bertz CT molecular complexity index is 324. The molecule has 0 aromatic carbocycles. The second-order valence-electron chi connectivity index (χ2n) is 4.07. The highest BCUT2D eigenvalue weighted by Crippen LogP contribution is 2.34. The summed E-state index contributed by atoms with van der Waals surface area (Å²) in [6, 6.07) is 0. The molecule has 0 amide bonds. The fraction of sp³-hybridized carbons (Fsp3) is 0.727. The molecule has 0 saturated heterocycles. The van der Waals surface area contributed by atoms with E-state index in [0.717, 1.165) is 5.92 Å². The molecule has 3 heteroatoms. The summed E-state index contributed by atoms with van der Waals surface area (Å²) in [6.07, 6.45) is 7.76. The van der Waals surface area contributed by atoms with Crippen molar-refractivity contribution in [2.45, 2.75) is 45.4 Å². The summed E-state index contributed by atoms with van der Waals surface area (Å²) in [4.78, 5) is 13.9. The van der Waals surface area contributed by atoms with Crippen LogP contribution in [0.4, 0.5) is 0 Å². The molecule has 0 fully saturated rings. The van der Waals surface area contributed by atoms with Gasteiger partial charge in [0.05, 0.1) is 0 Å². The summed E-state index contributed by atoms with van der Waals surface area (Å²) in [5, 5.41) is 0.